The summed E-state index contributed by atoms with van der Waals surface area (Å²) in [7, 11) is 0. The average Bonchev–Trinajstić information content (AvgIpc) is 2.61. The fourth-order valence-corrected chi connectivity index (χ4v) is 3.11. The van der Waals surface area contributed by atoms with Crippen LogP contribution in [0, 0.1) is 5.82 Å². The van der Waals surface area contributed by atoms with Crippen molar-refractivity contribution < 1.29 is 14.2 Å². The summed E-state index contributed by atoms with van der Waals surface area (Å²) in [6.45, 7) is 0.766. The molecule has 0 amide bonds. The number of nitrogens with zero attached hydrogens (tertiary/aromatic N) is 1. The lowest BCUT2D eigenvalue weighted by atomic mass is 9.89. The first kappa shape index (κ1) is 16.9. The highest BCUT2D eigenvalue weighted by atomic mass is 19.1. The molecule has 0 aliphatic heterocycles. The van der Waals surface area contributed by atoms with Crippen LogP contribution >= 0.6 is 0 Å². The van der Waals surface area contributed by atoms with Gasteiger partial charge in [-0.3, -0.25) is 4.98 Å². The van der Waals surface area contributed by atoms with Gasteiger partial charge in [0.15, 0.2) is 0 Å². The highest BCUT2D eigenvalue weighted by molar-refractivity contribution is 5.22. The van der Waals surface area contributed by atoms with E-state index in [1.807, 2.05) is 18.2 Å². The number of aromatic nitrogens is 1. The van der Waals surface area contributed by atoms with Gasteiger partial charge in [0, 0.05) is 30.9 Å². The molecule has 0 unspecified atom stereocenters. The first-order valence-electron chi connectivity index (χ1n) is 8.46. The maximum absolute atomic E-state index is 13.0. The number of aliphatic hydroxyl groups is 1. The lowest BCUT2D eigenvalue weighted by molar-refractivity contribution is -0.0151. The molecule has 0 spiro atoms. The lowest BCUT2D eigenvalue weighted by Crippen LogP contribution is -2.51. The van der Waals surface area contributed by atoms with Gasteiger partial charge in [-0.15, -0.1) is 0 Å². The Balaban J connectivity index is 1.50. The van der Waals surface area contributed by atoms with Crippen molar-refractivity contribution in [3.05, 3.63) is 60.2 Å². The van der Waals surface area contributed by atoms with Crippen molar-refractivity contribution in [1.82, 2.24) is 10.3 Å². The van der Waals surface area contributed by atoms with Crippen LogP contribution in [-0.2, 0) is 6.42 Å². The third kappa shape index (κ3) is 4.52. The van der Waals surface area contributed by atoms with Crippen molar-refractivity contribution >= 4 is 0 Å². The Morgan fingerprint density at radius 1 is 1.17 bits per heavy atom. The third-order valence-electron chi connectivity index (χ3n) is 4.41. The van der Waals surface area contributed by atoms with Gasteiger partial charge in [-0.25, -0.2) is 4.39 Å². The van der Waals surface area contributed by atoms with Gasteiger partial charge in [0.1, 0.15) is 23.8 Å². The Bertz CT molecular complexity index is 621. The van der Waals surface area contributed by atoms with Crippen LogP contribution in [0.4, 0.5) is 4.39 Å². The van der Waals surface area contributed by atoms with Gasteiger partial charge in [-0.1, -0.05) is 6.07 Å². The molecule has 5 heteroatoms. The van der Waals surface area contributed by atoms with E-state index in [0.29, 0.717) is 5.75 Å². The largest absolute Gasteiger partial charge is 0.488 e. The molecule has 24 heavy (non-hydrogen) atoms. The molecule has 1 aromatic carbocycles. The summed E-state index contributed by atoms with van der Waals surface area (Å²) < 4.78 is 18.8. The molecule has 3 rings (SSSR count). The number of ether oxygens (including phenoxy) is 1. The fraction of sp³-hybridized carbons (Fsp3) is 0.421. The van der Waals surface area contributed by atoms with E-state index in [4.69, 9.17) is 4.74 Å². The molecule has 1 aliphatic rings. The SMILES string of the molecule is O[C@@H]1[C@@H](NCCc2ccccn2)CCC[C@H]1Oc1ccc(F)cc1. The second-order valence-corrected chi connectivity index (χ2v) is 6.16. The molecule has 0 bridgehead atoms. The van der Waals surface area contributed by atoms with E-state index in [-0.39, 0.29) is 18.0 Å². The van der Waals surface area contributed by atoms with Crippen LogP contribution in [-0.4, -0.2) is 34.9 Å². The Morgan fingerprint density at radius 3 is 2.75 bits per heavy atom. The minimum atomic E-state index is -0.576. The Labute approximate surface area is 141 Å². The van der Waals surface area contributed by atoms with Gasteiger partial charge in [0.25, 0.3) is 0 Å². The Kier molecular flexibility index (Phi) is 5.77. The van der Waals surface area contributed by atoms with E-state index in [0.717, 1.165) is 37.9 Å². The molecule has 0 radical (unpaired) electrons. The summed E-state index contributed by atoms with van der Waals surface area (Å²) in [5.74, 6) is 0.301. The molecule has 1 aliphatic carbocycles. The van der Waals surface area contributed by atoms with Crippen LogP contribution in [0.3, 0.4) is 0 Å². The maximum atomic E-state index is 13.0. The highest BCUT2D eigenvalue weighted by Crippen LogP contribution is 2.24. The van der Waals surface area contributed by atoms with Crippen molar-refractivity contribution in [2.75, 3.05) is 6.54 Å². The van der Waals surface area contributed by atoms with Crippen LogP contribution in [0.1, 0.15) is 25.0 Å². The fourth-order valence-electron chi connectivity index (χ4n) is 3.11. The average molecular weight is 330 g/mol. The van der Waals surface area contributed by atoms with E-state index >= 15 is 0 Å². The van der Waals surface area contributed by atoms with Crippen molar-refractivity contribution in [2.24, 2.45) is 0 Å². The van der Waals surface area contributed by atoms with Gasteiger partial charge < -0.3 is 15.2 Å². The topological polar surface area (TPSA) is 54.4 Å². The number of hydrogen-bond donors (Lipinski definition) is 2. The van der Waals surface area contributed by atoms with E-state index in [1.54, 1.807) is 18.3 Å². The van der Waals surface area contributed by atoms with Crippen molar-refractivity contribution in [3.63, 3.8) is 0 Å². The molecule has 128 valence electrons. The number of nitrogens with one attached hydrogen (secondary N) is 1. The first-order valence-corrected chi connectivity index (χ1v) is 8.46. The number of hydrogen-bond acceptors (Lipinski definition) is 4. The second kappa shape index (κ2) is 8.22. The second-order valence-electron chi connectivity index (χ2n) is 6.16. The number of rotatable bonds is 6. The molecule has 2 aromatic rings. The van der Waals surface area contributed by atoms with Crippen LogP contribution in [0.5, 0.6) is 5.75 Å². The Morgan fingerprint density at radius 2 is 2.00 bits per heavy atom. The monoisotopic (exact) mass is 330 g/mol. The van der Waals surface area contributed by atoms with E-state index in [2.05, 4.69) is 10.3 Å². The van der Waals surface area contributed by atoms with E-state index in [1.165, 1.54) is 12.1 Å². The Hall–Kier alpha value is -1.98. The van der Waals surface area contributed by atoms with Gasteiger partial charge in [0.2, 0.25) is 0 Å². The summed E-state index contributed by atoms with van der Waals surface area (Å²) in [5.41, 5.74) is 1.04. The summed E-state index contributed by atoms with van der Waals surface area (Å²) >= 11 is 0. The molecule has 1 heterocycles. The number of aliphatic hydroxyl groups excluding tert-OH is 1. The van der Waals surface area contributed by atoms with Crippen LogP contribution in [0.15, 0.2) is 48.7 Å². The van der Waals surface area contributed by atoms with Crippen molar-refractivity contribution in [2.45, 2.75) is 43.9 Å². The standard InChI is InChI=1S/C19H23FN2O2/c20-14-7-9-16(10-8-14)24-18-6-3-5-17(19(18)23)22-13-11-15-4-1-2-12-21-15/h1-2,4,7-10,12,17-19,22-23H,3,5-6,11,13H2/t17-,18+,19+/m0/s1. The van der Waals surface area contributed by atoms with Crippen LogP contribution in [0.2, 0.25) is 0 Å². The molecule has 0 saturated heterocycles. The lowest BCUT2D eigenvalue weighted by Gasteiger charge is -2.35. The van der Waals surface area contributed by atoms with Crippen LogP contribution < -0.4 is 10.1 Å². The molecule has 4 nitrogen and oxygen atoms in total. The molecule has 1 fully saturated rings. The van der Waals surface area contributed by atoms with Gasteiger partial charge >= 0.3 is 0 Å². The number of halogens is 1. The first-order chi connectivity index (χ1) is 11.7. The summed E-state index contributed by atoms with van der Waals surface area (Å²) in [6.07, 6.45) is 4.49. The predicted molar refractivity (Wildman–Crippen MR) is 90.4 cm³/mol. The molecular formula is C19H23FN2O2. The summed E-state index contributed by atoms with van der Waals surface area (Å²) in [6, 6.07) is 11.8. The third-order valence-corrected chi connectivity index (χ3v) is 4.41. The smallest absolute Gasteiger partial charge is 0.126 e. The van der Waals surface area contributed by atoms with Crippen molar-refractivity contribution in [3.8, 4) is 5.75 Å². The van der Waals surface area contributed by atoms with Gasteiger partial charge in [0.05, 0.1) is 0 Å². The molecule has 1 aromatic heterocycles. The summed E-state index contributed by atoms with van der Waals surface area (Å²) in [4.78, 5) is 4.30. The van der Waals surface area contributed by atoms with E-state index in [9.17, 15) is 9.50 Å². The minimum absolute atomic E-state index is 0.00732. The molecular weight excluding hydrogens is 307 g/mol. The zero-order valence-corrected chi connectivity index (χ0v) is 13.6. The van der Waals surface area contributed by atoms with Crippen LogP contribution in [0.25, 0.3) is 0 Å². The molecule has 2 N–H and O–H groups in total. The maximum Gasteiger partial charge on any atom is 0.126 e. The minimum Gasteiger partial charge on any atom is -0.488 e. The molecule has 3 atom stereocenters. The quantitative estimate of drug-likeness (QED) is 0.855. The zero-order valence-electron chi connectivity index (χ0n) is 13.6. The van der Waals surface area contributed by atoms with E-state index < -0.39 is 6.10 Å². The predicted octanol–water partition coefficient (Wildman–Crippen LogP) is 2.71. The van der Waals surface area contributed by atoms with Crippen molar-refractivity contribution in [1.29, 1.82) is 0 Å². The number of pyridine rings is 1. The van der Waals surface area contributed by atoms with Gasteiger partial charge in [-0.2, -0.15) is 0 Å². The highest BCUT2D eigenvalue weighted by Gasteiger charge is 2.32. The van der Waals surface area contributed by atoms with Gasteiger partial charge in [-0.05, 0) is 55.7 Å². The zero-order chi connectivity index (χ0) is 16.8. The number of benzene rings is 1. The molecule has 1 saturated carbocycles. The normalized spacial score (nSPS) is 23.8. The summed E-state index contributed by atoms with van der Waals surface area (Å²) in [5, 5.41) is 14.0.